The Bertz CT molecular complexity index is 868. The summed E-state index contributed by atoms with van der Waals surface area (Å²) in [7, 11) is -0.218. The highest BCUT2D eigenvalue weighted by Crippen LogP contribution is 2.20. The molecule has 138 valence electrons. The molecule has 25 heavy (non-hydrogen) atoms. The van der Waals surface area contributed by atoms with Crippen LogP contribution in [0, 0.1) is 13.8 Å². The van der Waals surface area contributed by atoms with Crippen LogP contribution in [0.2, 0.25) is 0 Å². The summed E-state index contributed by atoms with van der Waals surface area (Å²) in [4.78, 5) is 14.3. The maximum Gasteiger partial charge on any atom is 0.251 e. The minimum atomic E-state index is -3.73. The molecule has 1 N–H and O–H groups in total. The van der Waals surface area contributed by atoms with E-state index >= 15 is 0 Å². The molecule has 2 rings (SSSR count). The number of hydrogen-bond acceptors (Lipinski definition) is 5. The van der Waals surface area contributed by atoms with Crippen molar-refractivity contribution >= 4 is 27.3 Å². The number of sulfonamides is 1. The molecule has 9 heteroatoms. The molecule has 0 aliphatic heterocycles. The van der Waals surface area contributed by atoms with Crippen molar-refractivity contribution in [3.63, 3.8) is 0 Å². The summed E-state index contributed by atoms with van der Waals surface area (Å²) in [5.74, 6) is -0.310. The van der Waals surface area contributed by atoms with E-state index in [0.29, 0.717) is 6.54 Å². The number of nitrogens with zero attached hydrogens (tertiary/aromatic N) is 3. The standard InChI is InChI=1S/C16H24N4O3S2/c1-11-13(12(2)20(6)17-11)10-19(5)15(21)16(3,4)18-25(22,23)14-8-7-9-24-14/h7-9,18H,10H2,1-6H3. The lowest BCUT2D eigenvalue weighted by atomic mass is 10.0. The molecule has 0 aromatic carbocycles. The van der Waals surface area contributed by atoms with Crippen molar-refractivity contribution < 1.29 is 13.2 Å². The minimum Gasteiger partial charge on any atom is -0.340 e. The van der Waals surface area contributed by atoms with Crippen LogP contribution in [-0.4, -0.2) is 41.6 Å². The molecule has 1 amide bonds. The van der Waals surface area contributed by atoms with Gasteiger partial charge in [-0.15, -0.1) is 11.3 Å². The second-order valence-corrected chi connectivity index (χ2v) is 9.45. The molecule has 2 heterocycles. The van der Waals surface area contributed by atoms with Gasteiger partial charge in [0.05, 0.1) is 5.69 Å². The molecule has 0 aliphatic carbocycles. The van der Waals surface area contributed by atoms with Crippen LogP contribution in [0.3, 0.4) is 0 Å². The molecule has 0 radical (unpaired) electrons. The largest absolute Gasteiger partial charge is 0.340 e. The van der Waals surface area contributed by atoms with Crippen molar-refractivity contribution in [2.75, 3.05) is 7.05 Å². The molecular weight excluding hydrogens is 360 g/mol. The van der Waals surface area contributed by atoms with E-state index in [1.165, 1.54) is 11.0 Å². The summed E-state index contributed by atoms with van der Waals surface area (Å²) < 4.78 is 29.3. The number of aryl methyl sites for hydroxylation is 2. The highest BCUT2D eigenvalue weighted by atomic mass is 32.2. The van der Waals surface area contributed by atoms with Crippen LogP contribution in [0.1, 0.15) is 30.8 Å². The molecular formula is C16H24N4O3S2. The highest BCUT2D eigenvalue weighted by molar-refractivity contribution is 7.91. The Balaban J connectivity index is 2.17. The number of carbonyl (C=O) groups excluding carboxylic acids is 1. The lowest BCUT2D eigenvalue weighted by Gasteiger charge is -2.30. The topological polar surface area (TPSA) is 84.3 Å². The first-order valence-electron chi connectivity index (χ1n) is 7.78. The Morgan fingerprint density at radius 3 is 2.52 bits per heavy atom. The van der Waals surface area contributed by atoms with Gasteiger partial charge >= 0.3 is 0 Å². The summed E-state index contributed by atoms with van der Waals surface area (Å²) in [6.45, 7) is 7.35. The van der Waals surface area contributed by atoms with Crippen LogP contribution in [0.4, 0.5) is 0 Å². The molecule has 2 aromatic heterocycles. The summed E-state index contributed by atoms with van der Waals surface area (Å²) in [5.41, 5.74) is 1.54. The monoisotopic (exact) mass is 384 g/mol. The van der Waals surface area contributed by atoms with Gasteiger partial charge in [-0.3, -0.25) is 9.48 Å². The third-order valence-corrected chi connectivity index (χ3v) is 7.14. The smallest absolute Gasteiger partial charge is 0.251 e. The van der Waals surface area contributed by atoms with Crippen LogP contribution in [-0.2, 0) is 28.4 Å². The van der Waals surface area contributed by atoms with E-state index in [1.807, 2.05) is 20.9 Å². The van der Waals surface area contributed by atoms with Crippen molar-refractivity contribution in [3.05, 3.63) is 34.5 Å². The highest BCUT2D eigenvalue weighted by Gasteiger charge is 2.36. The van der Waals surface area contributed by atoms with Gasteiger partial charge in [-0.05, 0) is 39.1 Å². The van der Waals surface area contributed by atoms with Crippen molar-refractivity contribution in [1.29, 1.82) is 0 Å². The quantitative estimate of drug-likeness (QED) is 0.823. The molecule has 2 aromatic rings. The molecule has 0 fully saturated rings. The maximum absolute atomic E-state index is 12.8. The fraction of sp³-hybridized carbons (Fsp3) is 0.500. The van der Waals surface area contributed by atoms with Gasteiger partial charge in [0, 0.05) is 31.9 Å². The summed E-state index contributed by atoms with van der Waals surface area (Å²) >= 11 is 1.11. The SMILES string of the molecule is Cc1nn(C)c(C)c1CN(C)C(=O)C(C)(C)NS(=O)(=O)c1cccs1. The van der Waals surface area contributed by atoms with E-state index in [4.69, 9.17) is 0 Å². The molecule has 0 saturated carbocycles. The minimum absolute atomic E-state index is 0.190. The molecule has 7 nitrogen and oxygen atoms in total. The fourth-order valence-corrected chi connectivity index (χ4v) is 5.04. The second-order valence-electron chi connectivity index (χ2n) is 6.60. The van der Waals surface area contributed by atoms with E-state index in [1.54, 1.807) is 37.0 Å². The van der Waals surface area contributed by atoms with Crippen molar-refractivity contribution in [2.45, 2.75) is 44.0 Å². The normalized spacial score (nSPS) is 12.4. The molecule has 0 unspecified atom stereocenters. The number of carbonyl (C=O) groups is 1. The lowest BCUT2D eigenvalue weighted by molar-refractivity contribution is -0.135. The number of hydrogen-bond donors (Lipinski definition) is 1. The number of rotatable bonds is 6. The lowest BCUT2D eigenvalue weighted by Crippen LogP contribution is -2.54. The zero-order valence-electron chi connectivity index (χ0n) is 15.3. The third-order valence-electron chi connectivity index (χ3n) is 4.08. The van der Waals surface area contributed by atoms with Gasteiger partial charge in [0.2, 0.25) is 5.91 Å². The van der Waals surface area contributed by atoms with Crippen LogP contribution in [0.15, 0.2) is 21.7 Å². The first-order chi connectivity index (χ1) is 11.5. The Morgan fingerprint density at radius 2 is 2.04 bits per heavy atom. The molecule has 0 bridgehead atoms. The summed E-state index contributed by atoms with van der Waals surface area (Å²) in [6.07, 6.45) is 0. The van der Waals surface area contributed by atoms with Gasteiger partial charge in [0.25, 0.3) is 10.0 Å². The van der Waals surface area contributed by atoms with Gasteiger partial charge in [0.1, 0.15) is 9.75 Å². The molecule has 0 atom stereocenters. The Labute approximate surface area is 152 Å². The van der Waals surface area contributed by atoms with Crippen molar-refractivity contribution in [1.82, 2.24) is 19.4 Å². The number of thiophene rings is 1. The predicted octanol–water partition coefficient (Wildman–Crippen LogP) is 1.81. The van der Waals surface area contributed by atoms with Gasteiger partial charge in [-0.2, -0.15) is 9.82 Å². The van der Waals surface area contributed by atoms with Crippen LogP contribution < -0.4 is 4.72 Å². The van der Waals surface area contributed by atoms with E-state index in [0.717, 1.165) is 28.3 Å². The van der Waals surface area contributed by atoms with Crippen LogP contribution >= 0.6 is 11.3 Å². The van der Waals surface area contributed by atoms with Crippen LogP contribution in [0.25, 0.3) is 0 Å². The van der Waals surface area contributed by atoms with E-state index < -0.39 is 15.6 Å². The third kappa shape index (κ3) is 4.10. The summed E-state index contributed by atoms with van der Waals surface area (Å²) in [6, 6.07) is 3.17. The van der Waals surface area contributed by atoms with Gasteiger partial charge in [-0.1, -0.05) is 6.07 Å². The van der Waals surface area contributed by atoms with Gasteiger partial charge in [0.15, 0.2) is 0 Å². The van der Waals surface area contributed by atoms with Crippen LogP contribution in [0.5, 0.6) is 0 Å². The zero-order valence-corrected chi connectivity index (χ0v) is 17.0. The van der Waals surface area contributed by atoms with E-state index in [-0.39, 0.29) is 10.1 Å². The van der Waals surface area contributed by atoms with Crippen molar-refractivity contribution in [2.24, 2.45) is 7.05 Å². The van der Waals surface area contributed by atoms with Crippen molar-refractivity contribution in [3.8, 4) is 0 Å². The van der Waals surface area contributed by atoms with E-state index in [2.05, 4.69) is 9.82 Å². The first-order valence-corrected chi connectivity index (χ1v) is 10.1. The Kier molecular flexibility index (Phi) is 5.41. The average Bonchev–Trinajstić information content (AvgIpc) is 3.11. The number of aromatic nitrogens is 2. The second kappa shape index (κ2) is 6.89. The number of nitrogens with one attached hydrogen (secondary N) is 1. The zero-order chi connectivity index (χ0) is 19.0. The fourth-order valence-electron chi connectivity index (χ4n) is 2.68. The molecule has 0 aliphatic rings. The number of likely N-dealkylation sites (N-methyl/N-ethyl adjacent to an activating group) is 1. The van der Waals surface area contributed by atoms with Gasteiger partial charge in [-0.25, -0.2) is 8.42 Å². The average molecular weight is 385 g/mol. The first kappa shape index (κ1) is 19.6. The predicted molar refractivity (Wildman–Crippen MR) is 97.9 cm³/mol. The Hall–Kier alpha value is -1.71. The summed E-state index contributed by atoms with van der Waals surface area (Å²) in [5, 5.41) is 6.03. The van der Waals surface area contributed by atoms with Gasteiger partial charge < -0.3 is 4.90 Å². The molecule has 0 saturated heterocycles. The number of amides is 1. The van der Waals surface area contributed by atoms with E-state index in [9.17, 15) is 13.2 Å². The Morgan fingerprint density at radius 1 is 1.40 bits per heavy atom. The maximum atomic E-state index is 12.8. The molecule has 0 spiro atoms.